The van der Waals surface area contributed by atoms with Crippen LogP contribution in [0.2, 0.25) is 0 Å². The molecule has 20 heavy (non-hydrogen) atoms. The maximum Gasteiger partial charge on any atom is 0.236 e. The summed E-state index contributed by atoms with van der Waals surface area (Å²) < 4.78 is 0. The summed E-state index contributed by atoms with van der Waals surface area (Å²) in [4.78, 5) is 18.8. The van der Waals surface area contributed by atoms with Crippen molar-refractivity contribution in [2.24, 2.45) is 0 Å². The molecule has 1 aromatic rings. The van der Waals surface area contributed by atoms with E-state index in [0.29, 0.717) is 6.54 Å². The molecular weight excluding hydrogens is 252 g/mol. The van der Waals surface area contributed by atoms with Gasteiger partial charge in [0.1, 0.15) is 0 Å². The Hall–Kier alpha value is -1.59. The van der Waals surface area contributed by atoms with Gasteiger partial charge in [0.2, 0.25) is 5.91 Å². The van der Waals surface area contributed by atoms with E-state index in [-0.39, 0.29) is 5.91 Å². The summed E-state index contributed by atoms with van der Waals surface area (Å²) in [6.45, 7) is 5.85. The van der Waals surface area contributed by atoms with E-state index in [1.165, 1.54) is 11.1 Å². The number of hydrogen-bond acceptors (Lipinski definition) is 4. The lowest BCUT2D eigenvalue weighted by molar-refractivity contribution is -0.134. The summed E-state index contributed by atoms with van der Waals surface area (Å²) in [6, 6.07) is 6.03. The van der Waals surface area contributed by atoms with Crippen LogP contribution in [0.4, 0.5) is 5.69 Å². The molecule has 0 saturated carbocycles. The largest absolute Gasteiger partial charge is 0.399 e. The first kappa shape index (κ1) is 13.4. The van der Waals surface area contributed by atoms with Crippen LogP contribution in [0.25, 0.3) is 0 Å². The number of nitrogens with two attached hydrogens (primary N) is 1. The number of nitrogen functional groups attached to an aromatic ring is 1. The number of carbonyl (C=O) groups is 1. The lowest BCUT2D eigenvalue weighted by Gasteiger charge is -2.33. The minimum Gasteiger partial charge on any atom is -0.399 e. The number of fused-ring (bicyclic) bond motifs is 1. The molecule has 3 rings (SSSR count). The van der Waals surface area contributed by atoms with Crippen LogP contribution in [0.3, 0.4) is 0 Å². The Morgan fingerprint density at radius 2 is 1.85 bits per heavy atom. The highest BCUT2D eigenvalue weighted by Gasteiger charge is 2.24. The Morgan fingerprint density at radius 3 is 2.60 bits per heavy atom. The molecule has 1 amide bonds. The number of anilines is 1. The SMILES string of the molecule is CN1CCN(C(=O)CN2Cc3ccc(N)cc3C2)CC1. The zero-order valence-electron chi connectivity index (χ0n) is 12.0. The highest BCUT2D eigenvalue weighted by Crippen LogP contribution is 2.24. The molecule has 5 heteroatoms. The lowest BCUT2D eigenvalue weighted by atomic mass is 10.1. The van der Waals surface area contributed by atoms with Gasteiger partial charge in [-0.2, -0.15) is 0 Å². The summed E-state index contributed by atoms with van der Waals surface area (Å²) in [5.41, 5.74) is 9.17. The molecular formula is C15H22N4O. The number of likely N-dealkylation sites (N-methyl/N-ethyl adjacent to an activating group) is 1. The Morgan fingerprint density at radius 1 is 1.15 bits per heavy atom. The molecule has 0 aromatic heterocycles. The predicted molar refractivity (Wildman–Crippen MR) is 79.0 cm³/mol. The highest BCUT2D eigenvalue weighted by atomic mass is 16.2. The van der Waals surface area contributed by atoms with Crippen molar-refractivity contribution in [2.45, 2.75) is 13.1 Å². The number of hydrogen-bond donors (Lipinski definition) is 1. The van der Waals surface area contributed by atoms with E-state index in [2.05, 4.69) is 22.9 Å². The second kappa shape index (κ2) is 5.42. The fraction of sp³-hybridized carbons (Fsp3) is 0.533. The molecule has 108 valence electrons. The molecule has 0 spiro atoms. The summed E-state index contributed by atoms with van der Waals surface area (Å²) in [7, 11) is 2.10. The van der Waals surface area contributed by atoms with Crippen LogP contribution in [-0.2, 0) is 17.9 Å². The quantitative estimate of drug-likeness (QED) is 0.791. The van der Waals surface area contributed by atoms with E-state index in [1.54, 1.807) is 0 Å². The van der Waals surface area contributed by atoms with E-state index >= 15 is 0 Å². The van der Waals surface area contributed by atoms with Crippen molar-refractivity contribution < 1.29 is 4.79 Å². The molecule has 0 radical (unpaired) electrons. The summed E-state index contributed by atoms with van der Waals surface area (Å²) >= 11 is 0. The fourth-order valence-electron chi connectivity index (χ4n) is 2.94. The van der Waals surface area contributed by atoms with Gasteiger partial charge >= 0.3 is 0 Å². The van der Waals surface area contributed by atoms with E-state index in [4.69, 9.17) is 5.73 Å². The van der Waals surface area contributed by atoms with Gasteiger partial charge in [-0.05, 0) is 30.3 Å². The summed E-state index contributed by atoms with van der Waals surface area (Å²) in [5.74, 6) is 0.249. The van der Waals surface area contributed by atoms with Gasteiger partial charge in [0.25, 0.3) is 0 Å². The molecule has 0 bridgehead atoms. The zero-order chi connectivity index (χ0) is 14.1. The van der Waals surface area contributed by atoms with Crippen LogP contribution in [0.1, 0.15) is 11.1 Å². The number of nitrogens with zero attached hydrogens (tertiary/aromatic N) is 3. The van der Waals surface area contributed by atoms with Crippen molar-refractivity contribution >= 4 is 11.6 Å². The van der Waals surface area contributed by atoms with E-state index in [9.17, 15) is 4.79 Å². The predicted octanol–water partition coefficient (Wildman–Crippen LogP) is 0.358. The van der Waals surface area contributed by atoms with E-state index in [0.717, 1.165) is 45.0 Å². The molecule has 1 fully saturated rings. The maximum absolute atomic E-state index is 12.3. The van der Waals surface area contributed by atoms with Gasteiger partial charge in [0.15, 0.2) is 0 Å². The minimum atomic E-state index is 0.249. The fourth-order valence-corrected chi connectivity index (χ4v) is 2.94. The van der Waals surface area contributed by atoms with Crippen molar-refractivity contribution in [3.05, 3.63) is 29.3 Å². The lowest BCUT2D eigenvalue weighted by Crippen LogP contribution is -2.49. The minimum absolute atomic E-state index is 0.249. The van der Waals surface area contributed by atoms with Crippen LogP contribution in [0, 0.1) is 0 Å². The van der Waals surface area contributed by atoms with Gasteiger partial charge in [0, 0.05) is 45.0 Å². The molecule has 0 atom stereocenters. The van der Waals surface area contributed by atoms with Gasteiger partial charge in [-0.3, -0.25) is 9.69 Å². The highest BCUT2D eigenvalue weighted by molar-refractivity contribution is 5.78. The average molecular weight is 274 g/mol. The molecule has 1 aromatic carbocycles. The smallest absolute Gasteiger partial charge is 0.236 e. The first-order valence-corrected chi connectivity index (χ1v) is 7.18. The van der Waals surface area contributed by atoms with E-state index < -0.39 is 0 Å². The van der Waals surface area contributed by atoms with Crippen molar-refractivity contribution in [3.63, 3.8) is 0 Å². The first-order chi connectivity index (χ1) is 9.61. The molecule has 1 saturated heterocycles. The van der Waals surface area contributed by atoms with Crippen molar-refractivity contribution in [1.82, 2.24) is 14.7 Å². The Bertz CT molecular complexity index is 509. The third-order valence-corrected chi connectivity index (χ3v) is 4.23. The summed E-state index contributed by atoms with van der Waals surface area (Å²) in [6.07, 6.45) is 0. The van der Waals surface area contributed by atoms with Gasteiger partial charge in [-0.25, -0.2) is 0 Å². The number of benzene rings is 1. The van der Waals surface area contributed by atoms with Crippen molar-refractivity contribution in [3.8, 4) is 0 Å². The maximum atomic E-state index is 12.3. The third-order valence-electron chi connectivity index (χ3n) is 4.23. The zero-order valence-corrected chi connectivity index (χ0v) is 12.0. The van der Waals surface area contributed by atoms with Gasteiger partial charge in [-0.1, -0.05) is 6.07 Å². The van der Waals surface area contributed by atoms with Crippen LogP contribution in [0.5, 0.6) is 0 Å². The topological polar surface area (TPSA) is 52.8 Å². The normalized spacial score (nSPS) is 20.1. The molecule has 2 aliphatic heterocycles. The average Bonchev–Trinajstić information content (AvgIpc) is 2.80. The van der Waals surface area contributed by atoms with Gasteiger partial charge in [0.05, 0.1) is 6.54 Å². The van der Waals surface area contributed by atoms with E-state index in [1.807, 2.05) is 17.0 Å². The molecule has 5 nitrogen and oxygen atoms in total. The van der Waals surface area contributed by atoms with Crippen LogP contribution < -0.4 is 5.73 Å². The summed E-state index contributed by atoms with van der Waals surface area (Å²) in [5, 5.41) is 0. The van der Waals surface area contributed by atoms with Crippen LogP contribution in [0.15, 0.2) is 18.2 Å². The number of piperazine rings is 1. The molecule has 2 aliphatic rings. The second-order valence-electron chi connectivity index (χ2n) is 5.86. The van der Waals surface area contributed by atoms with Crippen LogP contribution >= 0.6 is 0 Å². The number of rotatable bonds is 2. The molecule has 2 heterocycles. The van der Waals surface area contributed by atoms with Gasteiger partial charge < -0.3 is 15.5 Å². The van der Waals surface area contributed by atoms with Crippen molar-refractivity contribution in [2.75, 3.05) is 45.5 Å². The van der Waals surface area contributed by atoms with Gasteiger partial charge in [-0.15, -0.1) is 0 Å². The Balaban J connectivity index is 1.56. The molecule has 0 unspecified atom stereocenters. The first-order valence-electron chi connectivity index (χ1n) is 7.18. The van der Waals surface area contributed by atoms with Crippen molar-refractivity contribution in [1.29, 1.82) is 0 Å². The monoisotopic (exact) mass is 274 g/mol. The second-order valence-corrected chi connectivity index (χ2v) is 5.86. The molecule has 2 N–H and O–H groups in total. The Labute approximate surface area is 119 Å². The van der Waals surface area contributed by atoms with Crippen LogP contribution in [-0.4, -0.2) is 60.4 Å². The Kier molecular flexibility index (Phi) is 3.63. The molecule has 0 aliphatic carbocycles. The number of carbonyl (C=O) groups excluding carboxylic acids is 1. The standard InChI is InChI=1S/C15H22N4O/c1-17-4-6-19(7-5-17)15(20)11-18-9-12-2-3-14(16)8-13(12)10-18/h2-3,8H,4-7,9-11,16H2,1H3. The number of amides is 1. The third kappa shape index (κ3) is 2.78.